The molecule has 0 radical (unpaired) electrons. The van der Waals surface area contributed by atoms with E-state index in [4.69, 9.17) is 26.2 Å². The molecule has 0 bridgehead atoms. The number of carboxylic acid groups (broad SMARTS) is 2. The molecular weight excluding hydrogens is 599 g/mol. The van der Waals surface area contributed by atoms with Gasteiger partial charge in [-0.15, -0.1) is 0 Å². The largest absolute Gasteiger partial charge is 0.494 e. The second kappa shape index (κ2) is 14.8. The molecule has 0 saturated heterocycles. The lowest BCUT2D eigenvalue weighted by atomic mass is 10.0. The molecule has 232 valence electrons. The van der Waals surface area contributed by atoms with Crippen LogP contribution in [0.4, 0.5) is 13.2 Å². The lowest BCUT2D eigenvalue weighted by molar-refractivity contribution is -0.138. The highest BCUT2D eigenvalue weighted by Crippen LogP contribution is 2.33. The van der Waals surface area contributed by atoms with Crippen molar-refractivity contribution in [2.75, 3.05) is 13.2 Å². The van der Waals surface area contributed by atoms with Gasteiger partial charge in [-0.25, -0.2) is 13.2 Å². The molecule has 0 aliphatic carbocycles. The Bertz CT molecular complexity index is 1680. The van der Waals surface area contributed by atoms with Crippen LogP contribution in [0.3, 0.4) is 0 Å². The molecule has 0 aliphatic heterocycles. The quantitative estimate of drug-likeness (QED) is 0.0788. The number of ether oxygens (including phenoxy) is 2. The minimum absolute atomic E-state index is 0.0449. The molecule has 0 fully saturated rings. The summed E-state index contributed by atoms with van der Waals surface area (Å²) in [5.41, 5.74) is 3.10. The van der Waals surface area contributed by atoms with E-state index in [-0.39, 0.29) is 30.3 Å². The van der Waals surface area contributed by atoms with E-state index >= 15 is 4.39 Å². The van der Waals surface area contributed by atoms with Crippen molar-refractivity contribution < 1.29 is 42.4 Å². The van der Waals surface area contributed by atoms with Gasteiger partial charge in [0.2, 0.25) is 0 Å². The summed E-state index contributed by atoms with van der Waals surface area (Å²) < 4.78 is 54.6. The molecule has 11 heteroatoms. The van der Waals surface area contributed by atoms with E-state index < -0.39 is 29.4 Å². The number of rotatable bonds is 15. The topological polar surface area (TPSA) is 98.0 Å². The average Bonchev–Trinajstić information content (AvgIpc) is 3.24. The normalized spacial score (nSPS) is 11.4. The third kappa shape index (κ3) is 8.13. The molecular formula is C33H31ClF3NO6. The van der Waals surface area contributed by atoms with Gasteiger partial charge in [0, 0.05) is 29.6 Å². The first-order valence-electron chi connectivity index (χ1n) is 14.0. The molecule has 44 heavy (non-hydrogen) atoms. The van der Waals surface area contributed by atoms with Crippen molar-refractivity contribution in [1.29, 1.82) is 0 Å². The lowest BCUT2D eigenvalue weighted by Crippen LogP contribution is -2.10. The van der Waals surface area contributed by atoms with E-state index in [0.29, 0.717) is 71.8 Å². The van der Waals surface area contributed by atoms with Crippen LogP contribution in [0.15, 0.2) is 48.5 Å². The molecule has 0 aliphatic rings. The van der Waals surface area contributed by atoms with Crippen LogP contribution in [0.25, 0.3) is 23.1 Å². The molecule has 0 atom stereocenters. The zero-order valence-electron chi connectivity index (χ0n) is 23.9. The Balaban J connectivity index is 1.40. The van der Waals surface area contributed by atoms with Crippen molar-refractivity contribution in [2.45, 2.75) is 45.6 Å². The summed E-state index contributed by atoms with van der Waals surface area (Å²) in [6, 6.07) is 11.9. The van der Waals surface area contributed by atoms with Crippen molar-refractivity contribution in [3.63, 3.8) is 0 Å². The average molecular weight is 630 g/mol. The summed E-state index contributed by atoms with van der Waals surface area (Å²) in [4.78, 5) is 22.7. The number of nitrogens with zero attached hydrogens (tertiary/aromatic N) is 1. The Hall–Kier alpha value is -4.44. The highest BCUT2D eigenvalue weighted by molar-refractivity contribution is 6.32. The minimum Gasteiger partial charge on any atom is -0.494 e. The first kappa shape index (κ1) is 32.5. The van der Waals surface area contributed by atoms with Crippen LogP contribution in [-0.4, -0.2) is 39.9 Å². The molecule has 0 saturated carbocycles. The van der Waals surface area contributed by atoms with Gasteiger partial charge in [0.1, 0.15) is 40.5 Å². The Morgan fingerprint density at radius 2 is 1.59 bits per heavy atom. The van der Waals surface area contributed by atoms with Gasteiger partial charge in [-0.1, -0.05) is 35.9 Å². The number of unbranched alkanes of at least 4 members (excludes halogenated alkanes) is 1. The van der Waals surface area contributed by atoms with E-state index in [1.807, 2.05) is 18.2 Å². The van der Waals surface area contributed by atoms with E-state index in [1.54, 1.807) is 35.8 Å². The predicted octanol–water partition coefficient (Wildman–Crippen LogP) is 7.92. The Morgan fingerprint density at radius 3 is 2.27 bits per heavy atom. The Morgan fingerprint density at radius 1 is 0.886 bits per heavy atom. The van der Waals surface area contributed by atoms with Crippen LogP contribution >= 0.6 is 11.6 Å². The van der Waals surface area contributed by atoms with E-state index in [2.05, 4.69) is 0 Å². The van der Waals surface area contributed by atoms with Gasteiger partial charge in [-0.05, 0) is 73.6 Å². The number of hydrogen-bond acceptors (Lipinski definition) is 4. The van der Waals surface area contributed by atoms with Gasteiger partial charge in [-0.2, -0.15) is 0 Å². The van der Waals surface area contributed by atoms with E-state index in [1.165, 1.54) is 6.07 Å². The summed E-state index contributed by atoms with van der Waals surface area (Å²) in [7, 11) is 0. The third-order valence-electron chi connectivity index (χ3n) is 7.04. The fourth-order valence-corrected chi connectivity index (χ4v) is 5.10. The Kier molecular flexibility index (Phi) is 10.9. The number of carbonyl (C=O) groups is 2. The van der Waals surface area contributed by atoms with Crippen molar-refractivity contribution in [3.05, 3.63) is 93.4 Å². The molecule has 0 amide bonds. The first-order chi connectivity index (χ1) is 21.0. The second-order valence-corrected chi connectivity index (χ2v) is 10.5. The molecule has 7 nitrogen and oxygen atoms in total. The number of fused-ring (bicyclic) bond motifs is 1. The monoisotopic (exact) mass is 629 g/mol. The summed E-state index contributed by atoms with van der Waals surface area (Å²) in [5.74, 6) is -3.57. The van der Waals surface area contributed by atoms with Crippen LogP contribution < -0.4 is 9.47 Å². The van der Waals surface area contributed by atoms with Gasteiger partial charge >= 0.3 is 11.9 Å². The number of aryl methyl sites for hydroxylation is 1. The highest BCUT2D eigenvalue weighted by Gasteiger charge is 2.21. The molecule has 0 spiro atoms. The summed E-state index contributed by atoms with van der Waals surface area (Å²) in [5, 5.41) is 18.6. The fraction of sp³-hybridized carbons (Fsp3) is 0.273. The standard InChI is InChI=1S/C33H31ClF3NO6/c1-20-25(5-4-6-29(39)40)31-26(36)14-11-22(33(31)38(20)19-30(41)42)10-7-21-8-12-24(13-9-21)43-15-2-3-16-44-28-18-23(35)17-27(37)32(28)34/h7-14,17-18H,2-6,15-16,19H2,1H3,(H,39,40)(H,41,42)/b10-7+. The SMILES string of the molecule is Cc1c(CCCC(=O)O)c2c(F)ccc(/C=C/c3ccc(OCCCCOc4cc(F)cc(F)c4Cl)cc3)c2n1CC(=O)O. The van der Waals surface area contributed by atoms with E-state index in [9.17, 15) is 23.5 Å². The highest BCUT2D eigenvalue weighted by atomic mass is 35.5. The van der Waals surface area contributed by atoms with Crippen molar-refractivity contribution in [1.82, 2.24) is 4.57 Å². The van der Waals surface area contributed by atoms with Gasteiger partial charge in [0.05, 0.1) is 18.7 Å². The third-order valence-corrected chi connectivity index (χ3v) is 7.41. The number of carboxylic acids is 2. The van der Waals surface area contributed by atoms with Crippen molar-refractivity contribution in [2.24, 2.45) is 0 Å². The Labute approximate surface area is 257 Å². The number of halogens is 4. The zero-order chi connectivity index (χ0) is 31.8. The van der Waals surface area contributed by atoms with Gasteiger partial charge in [-0.3, -0.25) is 9.59 Å². The molecule has 4 aromatic rings. The van der Waals surface area contributed by atoms with Crippen molar-refractivity contribution in [3.8, 4) is 11.5 Å². The molecule has 2 N–H and O–H groups in total. The van der Waals surface area contributed by atoms with Gasteiger partial charge < -0.3 is 24.3 Å². The van der Waals surface area contributed by atoms with Gasteiger partial charge in [0.25, 0.3) is 0 Å². The van der Waals surface area contributed by atoms with Gasteiger partial charge in [0.15, 0.2) is 0 Å². The van der Waals surface area contributed by atoms with Crippen LogP contribution in [0, 0.1) is 24.4 Å². The summed E-state index contributed by atoms with van der Waals surface area (Å²) >= 11 is 5.79. The minimum atomic E-state index is -1.07. The molecule has 3 aromatic carbocycles. The number of benzene rings is 3. The van der Waals surface area contributed by atoms with Crippen LogP contribution in [0.2, 0.25) is 5.02 Å². The molecule has 1 heterocycles. The smallest absolute Gasteiger partial charge is 0.323 e. The zero-order valence-corrected chi connectivity index (χ0v) is 24.7. The number of aromatic nitrogens is 1. The first-order valence-corrected chi connectivity index (χ1v) is 14.3. The van der Waals surface area contributed by atoms with Crippen LogP contribution in [-0.2, 0) is 22.6 Å². The summed E-state index contributed by atoms with van der Waals surface area (Å²) in [6.07, 6.45) is 5.35. The lowest BCUT2D eigenvalue weighted by Gasteiger charge is -2.10. The molecule has 1 aromatic heterocycles. The maximum Gasteiger partial charge on any atom is 0.323 e. The number of aliphatic carboxylic acids is 2. The molecule has 0 unspecified atom stereocenters. The maximum atomic E-state index is 15.1. The van der Waals surface area contributed by atoms with Crippen molar-refractivity contribution >= 4 is 46.6 Å². The second-order valence-electron chi connectivity index (χ2n) is 10.2. The van der Waals surface area contributed by atoms with Crippen LogP contribution in [0.1, 0.15) is 48.1 Å². The maximum absolute atomic E-state index is 15.1. The number of hydrogen-bond donors (Lipinski definition) is 2. The summed E-state index contributed by atoms with van der Waals surface area (Å²) in [6.45, 7) is 1.97. The predicted molar refractivity (Wildman–Crippen MR) is 162 cm³/mol. The fourth-order valence-electron chi connectivity index (χ4n) is 4.94. The van der Waals surface area contributed by atoms with E-state index in [0.717, 1.165) is 11.6 Å². The van der Waals surface area contributed by atoms with Crippen LogP contribution in [0.5, 0.6) is 11.5 Å². The molecule has 4 rings (SSSR count).